The van der Waals surface area contributed by atoms with Gasteiger partial charge in [0.2, 0.25) is 0 Å². The van der Waals surface area contributed by atoms with Gasteiger partial charge in [-0.1, -0.05) is 0 Å². The van der Waals surface area contributed by atoms with E-state index in [0.717, 1.165) is 6.20 Å². The minimum Gasteiger partial charge on any atom is -0.467 e. The number of aromatic nitrogens is 3. The van der Waals surface area contributed by atoms with E-state index < -0.39 is 46.2 Å². The number of fused-ring (bicyclic) bond motifs is 1. The number of nitrogens with zero attached hydrogens (tertiary/aromatic N) is 2. The van der Waals surface area contributed by atoms with E-state index in [2.05, 4.69) is 4.98 Å². The van der Waals surface area contributed by atoms with E-state index in [9.17, 15) is 32.3 Å². The predicted molar refractivity (Wildman–Crippen MR) is 97.2 cm³/mol. The Labute approximate surface area is 169 Å². The van der Waals surface area contributed by atoms with Gasteiger partial charge in [-0.25, -0.2) is 4.79 Å². The Morgan fingerprint density at radius 1 is 1.23 bits per heavy atom. The molecule has 3 aromatic heterocycles. The second kappa shape index (κ2) is 6.97. The van der Waals surface area contributed by atoms with Gasteiger partial charge in [-0.15, -0.1) is 0 Å². The van der Waals surface area contributed by atoms with E-state index in [-0.39, 0.29) is 17.9 Å². The highest BCUT2D eigenvalue weighted by atomic mass is 19.4. The summed E-state index contributed by atoms with van der Waals surface area (Å²) >= 11 is 0. The smallest absolute Gasteiger partial charge is 0.425 e. The number of rotatable bonds is 4. The summed E-state index contributed by atoms with van der Waals surface area (Å²) in [6, 6.07) is 5.43. The quantitative estimate of drug-likeness (QED) is 0.552. The highest BCUT2D eigenvalue weighted by molar-refractivity contribution is 6.09. The number of halogens is 3. The molecule has 13 heteroatoms. The molecule has 4 rings (SSSR count). The highest BCUT2D eigenvalue weighted by Gasteiger charge is 2.68. The molecule has 1 aliphatic heterocycles. The van der Waals surface area contributed by atoms with Crippen molar-refractivity contribution in [2.75, 3.05) is 5.32 Å². The number of hydrogen-bond donors (Lipinski definition) is 3. The monoisotopic (exact) mass is 435 g/mol. The van der Waals surface area contributed by atoms with Crippen LogP contribution in [0.2, 0.25) is 0 Å². The number of nitrogens with one attached hydrogen (secondary N) is 3. The number of carbonyl (C=O) groups is 2. The van der Waals surface area contributed by atoms with Crippen molar-refractivity contribution >= 4 is 17.6 Å². The van der Waals surface area contributed by atoms with Crippen LogP contribution in [-0.2, 0) is 16.9 Å². The molecule has 0 bridgehead atoms. The van der Waals surface area contributed by atoms with Gasteiger partial charge in [0.25, 0.3) is 22.9 Å². The Morgan fingerprint density at radius 2 is 2.00 bits per heavy atom. The topological polar surface area (TPSA) is 139 Å². The first kappa shape index (κ1) is 20.1. The van der Waals surface area contributed by atoms with Gasteiger partial charge in [0.15, 0.2) is 0 Å². The Bertz CT molecular complexity index is 1280. The van der Waals surface area contributed by atoms with E-state index in [0.29, 0.717) is 4.57 Å². The zero-order valence-electron chi connectivity index (χ0n) is 15.3. The summed E-state index contributed by atoms with van der Waals surface area (Å²) in [6.07, 6.45) is -1.86. The van der Waals surface area contributed by atoms with E-state index in [1.165, 1.54) is 36.7 Å². The van der Waals surface area contributed by atoms with Crippen LogP contribution in [0.5, 0.6) is 0 Å². The molecule has 0 saturated heterocycles. The lowest BCUT2D eigenvalue weighted by atomic mass is 9.91. The number of amides is 2. The summed E-state index contributed by atoms with van der Waals surface area (Å²) in [7, 11) is 0. The molecule has 31 heavy (non-hydrogen) atoms. The molecular formula is C18H12F3N5O5. The fraction of sp³-hybridized carbons (Fsp3) is 0.167. The molecule has 1 atom stereocenters. The number of alkyl halides is 3. The van der Waals surface area contributed by atoms with Crippen LogP contribution in [0.3, 0.4) is 0 Å². The third-order valence-electron chi connectivity index (χ3n) is 4.69. The van der Waals surface area contributed by atoms with Crippen LogP contribution >= 0.6 is 0 Å². The molecule has 160 valence electrons. The van der Waals surface area contributed by atoms with Crippen molar-refractivity contribution in [2.45, 2.75) is 18.3 Å². The minimum absolute atomic E-state index is 0.175. The predicted octanol–water partition coefficient (Wildman–Crippen LogP) is 0.713. The Hall–Kier alpha value is -4.16. The first-order chi connectivity index (χ1) is 14.6. The maximum absolute atomic E-state index is 14.3. The SMILES string of the molecule is O=C(NC1(C(F)(F)F)C(=O)Nc2c1c(=O)[nH]c(=O)n2Cc1ccco1)c1cccnc1. The molecule has 1 aliphatic rings. The summed E-state index contributed by atoms with van der Waals surface area (Å²) < 4.78 is 48.6. The van der Waals surface area contributed by atoms with Gasteiger partial charge < -0.3 is 15.1 Å². The number of anilines is 1. The molecule has 0 aliphatic carbocycles. The van der Waals surface area contributed by atoms with Crippen molar-refractivity contribution in [3.05, 3.63) is 80.6 Å². The van der Waals surface area contributed by atoms with E-state index >= 15 is 0 Å². The van der Waals surface area contributed by atoms with E-state index in [4.69, 9.17) is 4.42 Å². The van der Waals surface area contributed by atoms with Gasteiger partial charge in [0.05, 0.1) is 18.4 Å². The lowest BCUT2D eigenvalue weighted by molar-refractivity contribution is -0.196. The van der Waals surface area contributed by atoms with Crippen molar-refractivity contribution in [1.29, 1.82) is 0 Å². The molecular weight excluding hydrogens is 423 g/mol. The zero-order chi connectivity index (χ0) is 22.4. The van der Waals surface area contributed by atoms with Gasteiger partial charge in [0, 0.05) is 12.4 Å². The largest absolute Gasteiger partial charge is 0.467 e. The number of furan rings is 1. The van der Waals surface area contributed by atoms with Crippen LogP contribution in [0.25, 0.3) is 0 Å². The molecule has 1 unspecified atom stereocenters. The molecule has 3 aromatic rings. The average molecular weight is 435 g/mol. The Kier molecular flexibility index (Phi) is 4.52. The van der Waals surface area contributed by atoms with Crippen molar-refractivity contribution < 1.29 is 27.2 Å². The summed E-state index contributed by atoms with van der Waals surface area (Å²) in [5, 5.41) is 3.55. The van der Waals surface area contributed by atoms with Crippen LogP contribution in [-0.4, -0.2) is 32.5 Å². The molecule has 0 saturated carbocycles. The molecule has 10 nitrogen and oxygen atoms in total. The molecule has 2 amide bonds. The second-order valence-electron chi connectivity index (χ2n) is 6.55. The Balaban J connectivity index is 1.92. The van der Waals surface area contributed by atoms with Crippen LogP contribution < -0.4 is 21.9 Å². The highest BCUT2D eigenvalue weighted by Crippen LogP contribution is 2.45. The van der Waals surface area contributed by atoms with Crippen LogP contribution in [0.1, 0.15) is 21.7 Å². The summed E-state index contributed by atoms with van der Waals surface area (Å²) in [6.45, 7) is -0.379. The maximum atomic E-state index is 14.3. The fourth-order valence-corrected chi connectivity index (χ4v) is 3.27. The molecule has 4 heterocycles. The first-order valence-electron chi connectivity index (χ1n) is 8.66. The minimum atomic E-state index is -5.43. The molecule has 3 N–H and O–H groups in total. The maximum Gasteiger partial charge on any atom is 0.425 e. The third-order valence-corrected chi connectivity index (χ3v) is 4.69. The lowest BCUT2D eigenvalue weighted by Crippen LogP contribution is -2.62. The summed E-state index contributed by atoms with van der Waals surface area (Å²) in [5.74, 6) is -3.55. The van der Waals surface area contributed by atoms with Gasteiger partial charge in [-0.3, -0.25) is 28.9 Å². The van der Waals surface area contributed by atoms with Crippen molar-refractivity contribution in [3.63, 3.8) is 0 Å². The summed E-state index contributed by atoms with van der Waals surface area (Å²) in [4.78, 5) is 55.3. The van der Waals surface area contributed by atoms with Crippen molar-refractivity contribution in [1.82, 2.24) is 19.9 Å². The second-order valence-corrected chi connectivity index (χ2v) is 6.55. The zero-order valence-corrected chi connectivity index (χ0v) is 15.3. The molecule has 0 aromatic carbocycles. The van der Waals surface area contributed by atoms with Crippen LogP contribution in [0, 0.1) is 0 Å². The third kappa shape index (κ3) is 3.10. The van der Waals surface area contributed by atoms with Gasteiger partial charge in [-0.2, -0.15) is 13.2 Å². The standard InChI is InChI=1S/C18H12F3N5O5/c19-18(20,21)17(25-13(27)9-3-1-5-22-7-9)11-12(23-15(17)29)26(16(30)24-14(11)28)8-10-4-2-6-31-10/h1-7H,8H2,(H,23,29)(H,25,27)(H,24,28,30). The van der Waals surface area contributed by atoms with Gasteiger partial charge >= 0.3 is 11.9 Å². The number of aromatic amines is 1. The Morgan fingerprint density at radius 3 is 2.61 bits per heavy atom. The molecule has 0 spiro atoms. The fourth-order valence-electron chi connectivity index (χ4n) is 3.27. The number of H-pyrrole nitrogens is 1. The van der Waals surface area contributed by atoms with Gasteiger partial charge in [-0.05, 0) is 24.3 Å². The molecule has 0 fully saturated rings. The van der Waals surface area contributed by atoms with Crippen LogP contribution in [0.4, 0.5) is 19.0 Å². The average Bonchev–Trinajstić information content (AvgIpc) is 3.32. The number of hydrogen-bond acceptors (Lipinski definition) is 6. The van der Waals surface area contributed by atoms with Gasteiger partial charge in [0.1, 0.15) is 17.1 Å². The van der Waals surface area contributed by atoms with Crippen molar-refractivity contribution in [3.8, 4) is 0 Å². The van der Waals surface area contributed by atoms with Crippen LogP contribution in [0.15, 0.2) is 56.9 Å². The van der Waals surface area contributed by atoms with Crippen molar-refractivity contribution in [2.24, 2.45) is 0 Å². The summed E-state index contributed by atoms with van der Waals surface area (Å²) in [5.41, 5.74) is -7.71. The number of carbonyl (C=O) groups excluding carboxylic acids is 2. The first-order valence-corrected chi connectivity index (χ1v) is 8.66. The number of pyridine rings is 1. The van der Waals surface area contributed by atoms with E-state index in [1.807, 2.05) is 5.32 Å². The lowest BCUT2D eigenvalue weighted by Gasteiger charge is -2.30. The van der Waals surface area contributed by atoms with E-state index in [1.54, 1.807) is 10.3 Å². The normalized spacial score (nSPS) is 17.8. The molecule has 0 radical (unpaired) electrons.